The molecular formula is C15H22ClFN2O5S. The van der Waals surface area contributed by atoms with Gasteiger partial charge in [-0.1, -0.05) is 11.6 Å². The lowest BCUT2D eigenvalue weighted by Gasteiger charge is -2.21. The predicted octanol–water partition coefficient (Wildman–Crippen LogP) is 2.03. The van der Waals surface area contributed by atoms with Gasteiger partial charge in [0.2, 0.25) is 10.0 Å². The lowest BCUT2D eigenvalue weighted by molar-refractivity contribution is 0.0525. The van der Waals surface area contributed by atoms with Crippen molar-refractivity contribution in [2.24, 2.45) is 0 Å². The Bertz CT molecular complexity index is 706. The molecule has 0 aromatic heterocycles. The lowest BCUT2D eigenvalue weighted by Crippen LogP contribution is -2.41. The van der Waals surface area contributed by atoms with E-state index in [9.17, 15) is 22.7 Å². The standard InChI is InChI=1S/C15H22ClFN2O5S/c1-15(2,3)24-14(21)18-7-6-11(9-20)19-25(22,23)13-5-4-10(17)8-12(13)16/h4-5,8,11,19-20H,6-7,9H2,1-3H3,(H,18,21)/t11-/m1/s1. The Morgan fingerprint density at radius 3 is 2.56 bits per heavy atom. The molecule has 10 heteroatoms. The molecule has 0 saturated carbocycles. The van der Waals surface area contributed by atoms with Gasteiger partial charge in [0, 0.05) is 12.6 Å². The Morgan fingerprint density at radius 1 is 1.40 bits per heavy atom. The molecule has 1 aromatic carbocycles. The zero-order chi connectivity index (χ0) is 19.3. The third-order valence-electron chi connectivity index (χ3n) is 2.89. The van der Waals surface area contributed by atoms with E-state index in [1.54, 1.807) is 20.8 Å². The number of carbonyl (C=O) groups excluding carboxylic acids is 1. The zero-order valence-electron chi connectivity index (χ0n) is 14.2. The molecule has 142 valence electrons. The van der Waals surface area contributed by atoms with Gasteiger partial charge in [-0.25, -0.2) is 22.3 Å². The molecule has 0 aliphatic carbocycles. The van der Waals surface area contributed by atoms with Crippen LogP contribution in [0.5, 0.6) is 0 Å². The average Bonchev–Trinajstić information content (AvgIpc) is 2.43. The van der Waals surface area contributed by atoms with E-state index < -0.39 is 40.2 Å². The number of sulfonamides is 1. The lowest BCUT2D eigenvalue weighted by atomic mass is 10.2. The minimum atomic E-state index is -4.05. The molecule has 0 fully saturated rings. The van der Waals surface area contributed by atoms with Gasteiger partial charge in [0.1, 0.15) is 16.3 Å². The number of hydrogen-bond acceptors (Lipinski definition) is 5. The van der Waals surface area contributed by atoms with Gasteiger partial charge >= 0.3 is 6.09 Å². The first-order chi connectivity index (χ1) is 11.4. The summed E-state index contributed by atoms with van der Waals surface area (Å²) >= 11 is 5.75. The molecule has 7 nitrogen and oxygen atoms in total. The molecule has 0 spiro atoms. The maximum atomic E-state index is 13.0. The van der Waals surface area contributed by atoms with Crippen LogP contribution in [0.4, 0.5) is 9.18 Å². The van der Waals surface area contributed by atoms with Gasteiger partial charge < -0.3 is 15.2 Å². The van der Waals surface area contributed by atoms with Crippen LogP contribution in [0.3, 0.4) is 0 Å². The molecule has 1 amide bonds. The van der Waals surface area contributed by atoms with Gasteiger partial charge in [-0.2, -0.15) is 0 Å². The third-order valence-corrected chi connectivity index (χ3v) is 4.89. The Hall–Kier alpha value is -1.42. The smallest absolute Gasteiger partial charge is 0.407 e. The van der Waals surface area contributed by atoms with Crippen molar-refractivity contribution in [3.8, 4) is 0 Å². The number of nitrogens with one attached hydrogen (secondary N) is 2. The molecule has 0 aliphatic heterocycles. The number of carbonyl (C=O) groups is 1. The van der Waals surface area contributed by atoms with Gasteiger partial charge in [0.05, 0.1) is 11.6 Å². The first-order valence-electron chi connectivity index (χ1n) is 7.49. The van der Waals surface area contributed by atoms with Crippen LogP contribution >= 0.6 is 11.6 Å². The van der Waals surface area contributed by atoms with Crippen molar-refractivity contribution in [1.82, 2.24) is 10.0 Å². The Morgan fingerprint density at radius 2 is 2.04 bits per heavy atom. The molecule has 0 bridgehead atoms. The molecule has 3 N–H and O–H groups in total. The zero-order valence-corrected chi connectivity index (χ0v) is 15.7. The number of amides is 1. The summed E-state index contributed by atoms with van der Waals surface area (Å²) in [6.07, 6.45) is -0.526. The maximum Gasteiger partial charge on any atom is 0.407 e. The highest BCUT2D eigenvalue weighted by Crippen LogP contribution is 2.22. The number of benzene rings is 1. The van der Waals surface area contributed by atoms with E-state index in [0.717, 1.165) is 18.2 Å². The average molecular weight is 397 g/mol. The molecule has 0 heterocycles. The summed E-state index contributed by atoms with van der Waals surface area (Å²) in [6.45, 7) is 4.73. The van der Waals surface area contributed by atoms with E-state index in [0.29, 0.717) is 0 Å². The number of aliphatic hydroxyl groups is 1. The van der Waals surface area contributed by atoms with E-state index in [4.69, 9.17) is 16.3 Å². The topological polar surface area (TPSA) is 105 Å². The van der Waals surface area contributed by atoms with Crippen LogP contribution < -0.4 is 10.0 Å². The van der Waals surface area contributed by atoms with E-state index in [1.165, 1.54) is 0 Å². The van der Waals surface area contributed by atoms with Crippen molar-refractivity contribution in [3.63, 3.8) is 0 Å². The largest absolute Gasteiger partial charge is 0.444 e. The van der Waals surface area contributed by atoms with Crippen LogP contribution in [0, 0.1) is 5.82 Å². The Kier molecular flexibility index (Phi) is 7.61. The molecule has 0 aliphatic rings. The van der Waals surface area contributed by atoms with Gasteiger partial charge in [-0.05, 0) is 45.4 Å². The van der Waals surface area contributed by atoms with E-state index in [-0.39, 0.29) is 22.9 Å². The first-order valence-corrected chi connectivity index (χ1v) is 9.36. The molecular weight excluding hydrogens is 375 g/mol. The van der Waals surface area contributed by atoms with Gasteiger partial charge in [0.25, 0.3) is 0 Å². The monoisotopic (exact) mass is 396 g/mol. The van der Waals surface area contributed by atoms with Crippen LogP contribution in [0.25, 0.3) is 0 Å². The second-order valence-electron chi connectivity index (χ2n) is 6.29. The summed E-state index contributed by atoms with van der Waals surface area (Å²) in [5, 5.41) is 11.5. The molecule has 1 atom stereocenters. The minimum absolute atomic E-state index is 0.0831. The highest BCUT2D eigenvalue weighted by Gasteiger charge is 2.23. The van der Waals surface area contributed by atoms with Crippen molar-refractivity contribution in [2.45, 2.75) is 43.7 Å². The molecule has 1 aromatic rings. The predicted molar refractivity (Wildman–Crippen MR) is 91.5 cm³/mol. The number of rotatable bonds is 7. The maximum absolute atomic E-state index is 13.0. The van der Waals surface area contributed by atoms with Crippen molar-refractivity contribution >= 4 is 27.7 Å². The highest BCUT2D eigenvalue weighted by atomic mass is 35.5. The van der Waals surface area contributed by atoms with Gasteiger partial charge in [-0.3, -0.25) is 0 Å². The normalized spacial score (nSPS) is 13.4. The number of ether oxygens (including phenoxy) is 1. The van der Waals surface area contributed by atoms with Crippen LogP contribution in [0.1, 0.15) is 27.2 Å². The van der Waals surface area contributed by atoms with Crippen LogP contribution in [0.2, 0.25) is 5.02 Å². The van der Waals surface area contributed by atoms with Crippen LogP contribution in [-0.4, -0.2) is 44.4 Å². The molecule has 25 heavy (non-hydrogen) atoms. The van der Waals surface area contributed by atoms with Gasteiger partial charge in [-0.15, -0.1) is 0 Å². The van der Waals surface area contributed by atoms with Crippen molar-refractivity contribution in [3.05, 3.63) is 29.0 Å². The number of alkyl carbamates (subject to hydrolysis) is 1. The molecule has 1 rings (SSSR count). The highest BCUT2D eigenvalue weighted by molar-refractivity contribution is 7.89. The fourth-order valence-electron chi connectivity index (χ4n) is 1.83. The molecule has 0 radical (unpaired) electrons. The quantitative estimate of drug-likeness (QED) is 0.654. The first kappa shape index (κ1) is 21.6. The van der Waals surface area contributed by atoms with Gasteiger partial charge in [0.15, 0.2) is 0 Å². The second kappa shape index (κ2) is 8.79. The SMILES string of the molecule is CC(C)(C)OC(=O)NCC[C@H](CO)NS(=O)(=O)c1ccc(F)cc1Cl. The number of aliphatic hydroxyl groups excluding tert-OH is 1. The molecule has 0 unspecified atom stereocenters. The van der Waals surface area contributed by atoms with E-state index in [2.05, 4.69) is 10.0 Å². The summed E-state index contributed by atoms with van der Waals surface area (Å²) in [5.41, 5.74) is -0.651. The Labute approximate surface area is 151 Å². The summed E-state index contributed by atoms with van der Waals surface area (Å²) in [5.74, 6) is -0.663. The fourth-order valence-corrected chi connectivity index (χ4v) is 3.62. The van der Waals surface area contributed by atoms with E-state index in [1.807, 2.05) is 0 Å². The third kappa shape index (κ3) is 7.55. The summed E-state index contributed by atoms with van der Waals surface area (Å²) in [6, 6.07) is 2.03. The van der Waals surface area contributed by atoms with E-state index >= 15 is 0 Å². The summed E-state index contributed by atoms with van der Waals surface area (Å²) < 4.78 is 44.9. The van der Waals surface area contributed by atoms with Crippen molar-refractivity contribution in [2.75, 3.05) is 13.2 Å². The van der Waals surface area contributed by atoms with Crippen molar-refractivity contribution in [1.29, 1.82) is 0 Å². The number of halogens is 2. The van der Waals surface area contributed by atoms with Crippen LogP contribution in [0.15, 0.2) is 23.1 Å². The number of hydrogen-bond donors (Lipinski definition) is 3. The van der Waals surface area contributed by atoms with Crippen molar-refractivity contribution < 1.29 is 27.4 Å². The Balaban J connectivity index is 2.64. The van der Waals surface area contributed by atoms with Crippen LogP contribution in [-0.2, 0) is 14.8 Å². The minimum Gasteiger partial charge on any atom is -0.444 e. The second-order valence-corrected chi connectivity index (χ2v) is 8.38. The summed E-state index contributed by atoms with van der Waals surface area (Å²) in [4.78, 5) is 11.2. The summed E-state index contributed by atoms with van der Waals surface area (Å²) in [7, 11) is -4.05. The molecule has 0 saturated heterocycles. The fraction of sp³-hybridized carbons (Fsp3) is 0.533.